The van der Waals surface area contributed by atoms with Crippen molar-refractivity contribution >= 4 is 12.1 Å². The third-order valence-corrected chi connectivity index (χ3v) is 3.91. The number of rotatable bonds is 5. The number of esters is 1. The number of carbonyl (C=O) groups excluding carboxylic acids is 2. The average molecular weight is 348 g/mol. The van der Waals surface area contributed by atoms with Crippen molar-refractivity contribution in [3.63, 3.8) is 0 Å². The first kappa shape index (κ1) is 19.2. The molecule has 6 nitrogen and oxygen atoms in total. The van der Waals surface area contributed by atoms with E-state index in [1.807, 2.05) is 51.1 Å². The van der Waals surface area contributed by atoms with Gasteiger partial charge in [0, 0.05) is 19.1 Å². The summed E-state index contributed by atoms with van der Waals surface area (Å²) in [5.41, 5.74) is 0.509. The fourth-order valence-electron chi connectivity index (χ4n) is 2.68. The Morgan fingerprint density at radius 3 is 2.40 bits per heavy atom. The summed E-state index contributed by atoms with van der Waals surface area (Å²) in [5.74, 6) is -0.253. The molecule has 0 radical (unpaired) electrons. The number of hydrogen-bond acceptors (Lipinski definition) is 5. The van der Waals surface area contributed by atoms with E-state index in [-0.39, 0.29) is 31.3 Å². The average Bonchev–Trinajstić information content (AvgIpc) is 2.58. The number of ether oxygens (including phenoxy) is 2. The van der Waals surface area contributed by atoms with Crippen LogP contribution in [0.5, 0.6) is 0 Å². The highest BCUT2D eigenvalue weighted by Gasteiger charge is 2.24. The minimum Gasteiger partial charge on any atom is -0.459 e. The van der Waals surface area contributed by atoms with Crippen LogP contribution in [0, 0.1) is 0 Å². The predicted octanol–water partition coefficient (Wildman–Crippen LogP) is 2.72. The molecule has 6 heteroatoms. The van der Waals surface area contributed by atoms with E-state index in [0.29, 0.717) is 13.1 Å². The number of hydrogen-bond donors (Lipinski definition) is 1. The Kier molecular flexibility index (Phi) is 6.82. The van der Waals surface area contributed by atoms with Crippen molar-refractivity contribution in [2.24, 2.45) is 0 Å². The summed E-state index contributed by atoms with van der Waals surface area (Å²) in [4.78, 5) is 25.6. The van der Waals surface area contributed by atoms with Gasteiger partial charge < -0.3 is 19.7 Å². The maximum absolute atomic E-state index is 12.1. The zero-order valence-corrected chi connectivity index (χ0v) is 15.3. The molecule has 1 fully saturated rings. The summed E-state index contributed by atoms with van der Waals surface area (Å²) >= 11 is 0. The summed E-state index contributed by atoms with van der Waals surface area (Å²) < 4.78 is 10.6. The first-order valence-electron chi connectivity index (χ1n) is 8.74. The van der Waals surface area contributed by atoms with E-state index in [1.54, 1.807) is 4.90 Å². The molecule has 1 amide bonds. The minimum atomic E-state index is -0.468. The van der Waals surface area contributed by atoms with Gasteiger partial charge in [-0.1, -0.05) is 30.3 Å². The Balaban J connectivity index is 1.65. The highest BCUT2D eigenvalue weighted by Crippen LogP contribution is 2.13. The molecule has 1 saturated heterocycles. The quantitative estimate of drug-likeness (QED) is 0.829. The van der Waals surface area contributed by atoms with Crippen LogP contribution in [0.1, 0.15) is 39.2 Å². The summed E-state index contributed by atoms with van der Waals surface area (Å²) in [7, 11) is 0. The SMILES string of the molecule is CC(C)(C)OC(=O)CNC1CCN(C(=O)OCc2ccccc2)CC1. The highest BCUT2D eigenvalue weighted by molar-refractivity contribution is 5.72. The van der Waals surface area contributed by atoms with E-state index in [0.717, 1.165) is 18.4 Å². The summed E-state index contributed by atoms with van der Waals surface area (Å²) in [6.45, 7) is 7.29. The molecule has 1 aromatic rings. The molecule has 0 aromatic heterocycles. The normalized spacial score (nSPS) is 15.7. The second kappa shape index (κ2) is 8.85. The van der Waals surface area contributed by atoms with Crippen molar-refractivity contribution in [1.82, 2.24) is 10.2 Å². The van der Waals surface area contributed by atoms with Crippen LogP contribution in [-0.2, 0) is 20.9 Å². The molecule has 138 valence electrons. The molecule has 2 rings (SSSR count). The lowest BCUT2D eigenvalue weighted by molar-refractivity contribution is -0.153. The number of piperidine rings is 1. The topological polar surface area (TPSA) is 67.9 Å². The van der Waals surface area contributed by atoms with Gasteiger partial charge in [0.15, 0.2) is 0 Å². The third kappa shape index (κ3) is 7.13. The molecule has 0 spiro atoms. The van der Waals surface area contributed by atoms with E-state index < -0.39 is 5.60 Å². The Morgan fingerprint density at radius 2 is 1.80 bits per heavy atom. The van der Waals surface area contributed by atoms with Gasteiger partial charge >= 0.3 is 12.1 Å². The monoisotopic (exact) mass is 348 g/mol. The standard InChI is InChI=1S/C19H28N2O4/c1-19(2,3)25-17(22)13-20-16-9-11-21(12-10-16)18(23)24-14-15-7-5-4-6-8-15/h4-8,16,20H,9-14H2,1-3H3. The third-order valence-electron chi connectivity index (χ3n) is 3.91. The summed E-state index contributed by atoms with van der Waals surface area (Å²) in [6, 6.07) is 9.85. The van der Waals surface area contributed by atoms with Gasteiger partial charge in [-0.3, -0.25) is 4.79 Å². The molecule has 0 atom stereocenters. The van der Waals surface area contributed by atoms with Gasteiger partial charge in [0.05, 0.1) is 6.54 Å². The molecule has 1 aliphatic heterocycles. The molecule has 0 unspecified atom stereocenters. The highest BCUT2D eigenvalue weighted by atomic mass is 16.6. The van der Waals surface area contributed by atoms with Crippen LogP contribution in [0.25, 0.3) is 0 Å². The van der Waals surface area contributed by atoms with Gasteiger partial charge in [-0.25, -0.2) is 4.79 Å². The van der Waals surface area contributed by atoms with Crippen molar-refractivity contribution in [2.45, 2.75) is 51.9 Å². The van der Waals surface area contributed by atoms with Gasteiger partial charge in [0.25, 0.3) is 0 Å². The number of likely N-dealkylation sites (tertiary alicyclic amines) is 1. The largest absolute Gasteiger partial charge is 0.459 e. The molecule has 0 bridgehead atoms. The summed E-state index contributed by atoms with van der Waals surface area (Å²) in [6.07, 6.45) is 1.31. The molecule has 0 saturated carbocycles. The minimum absolute atomic E-state index is 0.195. The van der Waals surface area contributed by atoms with E-state index >= 15 is 0 Å². The van der Waals surface area contributed by atoms with Crippen molar-refractivity contribution in [2.75, 3.05) is 19.6 Å². The first-order valence-corrected chi connectivity index (χ1v) is 8.74. The Bertz CT molecular complexity index is 561. The van der Waals surface area contributed by atoms with Crippen LogP contribution in [0.3, 0.4) is 0 Å². The predicted molar refractivity (Wildman–Crippen MR) is 95.1 cm³/mol. The maximum Gasteiger partial charge on any atom is 0.410 e. The fourth-order valence-corrected chi connectivity index (χ4v) is 2.68. The van der Waals surface area contributed by atoms with Gasteiger partial charge in [-0.15, -0.1) is 0 Å². The molecule has 1 aliphatic rings. The Hall–Kier alpha value is -2.08. The van der Waals surface area contributed by atoms with Crippen molar-refractivity contribution in [3.05, 3.63) is 35.9 Å². The van der Waals surface area contributed by atoms with Crippen molar-refractivity contribution < 1.29 is 19.1 Å². The van der Waals surface area contributed by atoms with Crippen LogP contribution in [0.4, 0.5) is 4.79 Å². The van der Waals surface area contributed by atoms with Crippen LogP contribution >= 0.6 is 0 Å². The van der Waals surface area contributed by atoms with Crippen LogP contribution in [0.15, 0.2) is 30.3 Å². The summed E-state index contributed by atoms with van der Waals surface area (Å²) in [5, 5.41) is 3.21. The molecule has 0 aliphatic carbocycles. The molecule has 1 heterocycles. The molecular formula is C19H28N2O4. The zero-order chi connectivity index (χ0) is 18.3. The van der Waals surface area contributed by atoms with Crippen LogP contribution in [0.2, 0.25) is 0 Å². The van der Waals surface area contributed by atoms with Gasteiger partial charge in [-0.05, 0) is 39.2 Å². The maximum atomic E-state index is 12.1. The van der Waals surface area contributed by atoms with Gasteiger partial charge in [-0.2, -0.15) is 0 Å². The Morgan fingerprint density at radius 1 is 1.16 bits per heavy atom. The smallest absolute Gasteiger partial charge is 0.410 e. The second-order valence-corrected chi connectivity index (χ2v) is 7.27. The number of carbonyl (C=O) groups is 2. The number of benzene rings is 1. The van der Waals surface area contributed by atoms with Crippen LogP contribution in [-0.4, -0.2) is 48.2 Å². The number of nitrogens with one attached hydrogen (secondary N) is 1. The second-order valence-electron chi connectivity index (χ2n) is 7.27. The first-order chi connectivity index (χ1) is 11.8. The van der Waals surface area contributed by atoms with Crippen molar-refractivity contribution in [1.29, 1.82) is 0 Å². The van der Waals surface area contributed by atoms with Crippen molar-refractivity contribution in [3.8, 4) is 0 Å². The fraction of sp³-hybridized carbons (Fsp3) is 0.579. The molecule has 1 N–H and O–H groups in total. The zero-order valence-electron chi connectivity index (χ0n) is 15.3. The number of nitrogens with zero attached hydrogens (tertiary/aromatic N) is 1. The van der Waals surface area contributed by atoms with E-state index in [2.05, 4.69) is 5.32 Å². The van der Waals surface area contributed by atoms with E-state index in [9.17, 15) is 9.59 Å². The Labute approximate surface area is 149 Å². The number of amides is 1. The van der Waals surface area contributed by atoms with Crippen LogP contribution < -0.4 is 5.32 Å². The van der Waals surface area contributed by atoms with E-state index in [1.165, 1.54) is 0 Å². The lowest BCUT2D eigenvalue weighted by atomic mass is 10.1. The van der Waals surface area contributed by atoms with E-state index in [4.69, 9.17) is 9.47 Å². The molecule has 1 aromatic carbocycles. The molecular weight excluding hydrogens is 320 g/mol. The lowest BCUT2D eigenvalue weighted by Gasteiger charge is -2.31. The van der Waals surface area contributed by atoms with Gasteiger partial charge in [0.2, 0.25) is 0 Å². The lowest BCUT2D eigenvalue weighted by Crippen LogP contribution is -2.46. The molecule has 25 heavy (non-hydrogen) atoms. The van der Waals surface area contributed by atoms with Gasteiger partial charge in [0.1, 0.15) is 12.2 Å².